The van der Waals surface area contributed by atoms with Gasteiger partial charge in [0.1, 0.15) is 10.7 Å². The lowest BCUT2D eigenvalue weighted by Crippen LogP contribution is -2.14. The molecule has 0 bridgehead atoms. The second-order valence-corrected chi connectivity index (χ2v) is 5.64. The SMILES string of the molecule is O=S(=O)(Nc1ncc(F)s1)c1ccccc1F. The van der Waals surface area contributed by atoms with Crippen LogP contribution in [0, 0.1) is 10.9 Å². The van der Waals surface area contributed by atoms with Gasteiger partial charge in [0.05, 0.1) is 6.20 Å². The summed E-state index contributed by atoms with van der Waals surface area (Å²) in [5.74, 6) is -0.878. The monoisotopic (exact) mass is 276 g/mol. The standard InChI is InChI=1S/C9H6F2N2O2S2/c10-6-3-1-2-4-7(6)17(14,15)13-9-12-5-8(11)16-9/h1-5H,(H,12,13). The van der Waals surface area contributed by atoms with Gasteiger partial charge >= 0.3 is 0 Å². The van der Waals surface area contributed by atoms with Gasteiger partial charge < -0.3 is 0 Å². The predicted molar refractivity (Wildman–Crippen MR) is 59.3 cm³/mol. The van der Waals surface area contributed by atoms with Gasteiger partial charge in [-0.2, -0.15) is 4.39 Å². The maximum absolute atomic E-state index is 13.3. The van der Waals surface area contributed by atoms with E-state index in [4.69, 9.17) is 0 Å². The molecule has 2 rings (SSSR count). The number of halogens is 2. The van der Waals surface area contributed by atoms with Crippen LogP contribution in [0.1, 0.15) is 0 Å². The molecule has 17 heavy (non-hydrogen) atoms. The van der Waals surface area contributed by atoms with Crippen molar-refractivity contribution in [3.8, 4) is 0 Å². The van der Waals surface area contributed by atoms with Crippen molar-refractivity contribution in [1.29, 1.82) is 0 Å². The smallest absolute Gasteiger partial charge is 0.254 e. The third kappa shape index (κ3) is 2.59. The number of thiazole rings is 1. The fourth-order valence-electron chi connectivity index (χ4n) is 1.13. The molecule has 90 valence electrons. The Morgan fingerprint density at radius 2 is 1.94 bits per heavy atom. The largest absolute Gasteiger partial charge is 0.266 e. The first-order valence-electron chi connectivity index (χ1n) is 4.38. The number of nitrogens with one attached hydrogen (secondary N) is 1. The number of aromatic nitrogens is 1. The molecule has 0 saturated carbocycles. The third-order valence-electron chi connectivity index (χ3n) is 1.83. The van der Waals surface area contributed by atoms with Crippen LogP contribution < -0.4 is 4.72 Å². The molecular formula is C9H6F2N2O2S2. The van der Waals surface area contributed by atoms with Gasteiger partial charge in [0, 0.05) is 0 Å². The van der Waals surface area contributed by atoms with Crippen LogP contribution in [-0.2, 0) is 10.0 Å². The van der Waals surface area contributed by atoms with Crippen molar-refractivity contribution < 1.29 is 17.2 Å². The lowest BCUT2D eigenvalue weighted by Gasteiger charge is -2.05. The second-order valence-electron chi connectivity index (χ2n) is 3.01. The molecule has 1 N–H and O–H groups in total. The molecule has 8 heteroatoms. The molecule has 0 spiro atoms. The van der Waals surface area contributed by atoms with Crippen molar-refractivity contribution in [2.45, 2.75) is 4.90 Å². The van der Waals surface area contributed by atoms with Gasteiger partial charge in [0.15, 0.2) is 10.3 Å². The summed E-state index contributed by atoms with van der Waals surface area (Å²) in [5.41, 5.74) is 0. The van der Waals surface area contributed by atoms with Crippen LogP contribution >= 0.6 is 11.3 Å². The maximum Gasteiger partial charge on any atom is 0.266 e. The first-order valence-corrected chi connectivity index (χ1v) is 6.68. The van der Waals surface area contributed by atoms with Crippen molar-refractivity contribution in [3.63, 3.8) is 0 Å². The van der Waals surface area contributed by atoms with Gasteiger partial charge in [-0.15, -0.1) is 0 Å². The van der Waals surface area contributed by atoms with Crippen LogP contribution in [0.25, 0.3) is 0 Å². The highest BCUT2D eigenvalue weighted by Crippen LogP contribution is 2.21. The predicted octanol–water partition coefficient (Wildman–Crippen LogP) is 2.22. The molecule has 0 radical (unpaired) electrons. The maximum atomic E-state index is 13.3. The molecule has 0 aliphatic heterocycles. The summed E-state index contributed by atoms with van der Waals surface area (Å²) in [7, 11) is -4.07. The molecule has 0 aliphatic rings. The van der Waals surface area contributed by atoms with E-state index in [1.165, 1.54) is 12.1 Å². The lowest BCUT2D eigenvalue weighted by atomic mass is 10.4. The van der Waals surface area contributed by atoms with Gasteiger partial charge in [0.2, 0.25) is 0 Å². The lowest BCUT2D eigenvalue weighted by molar-refractivity contribution is 0.570. The molecule has 0 unspecified atom stereocenters. The Kier molecular flexibility index (Phi) is 3.07. The highest BCUT2D eigenvalue weighted by molar-refractivity contribution is 7.93. The van der Waals surface area contributed by atoms with Crippen molar-refractivity contribution in [1.82, 2.24) is 4.98 Å². The summed E-state index contributed by atoms with van der Waals surface area (Å²) in [5, 5.41) is -0.776. The zero-order valence-electron chi connectivity index (χ0n) is 8.22. The van der Waals surface area contributed by atoms with Gasteiger partial charge in [-0.25, -0.2) is 17.8 Å². The zero-order chi connectivity index (χ0) is 12.5. The first-order chi connectivity index (χ1) is 7.99. The highest BCUT2D eigenvalue weighted by atomic mass is 32.2. The molecule has 0 fully saturated rings. The van der Waals surface area contributed by atoms with E-state index in [2.05, 4.69) is 4.98 Å². The van der Waals surface area contributed by atoms with E-state index < -0.39 is 25.9 Å². The zero-order valence-corrected chi connectivity index (χ0v) is 9.86. The summed E-state index contributed by atoms with van der Waals surface area (Å²) in [6.45, 7) is 0. The molecule has 1 aromatic carbocycles. The van der Waals surface area contributed by atoms with Gasteiger partial charge in [-0.1, -0.05) is 23.5 Å². The number of hydrogen-bond acceptors (Lipinski definition) is 4. The Labute approximate surface area is 100.0 Å². The topological polar surface area (TPSA) is 59.1 Å². The molecule has 0 aliphatic carbocycles. The van der Waals surface area contributed by atoms with Gasteiger partial charge in [0.25, 0.3) is 10.0 Å². The van der Waals surface area contributed by atoms with Crippen LogP contribution in [-0.4, -0.2) is 13.4 Å². The number of benzene rings is 1. The van der Waals surface area contributed by atoms with Gasteiger partial charge in [-0.05, 0) is 12.1 Å². The first kappa shape index (κ1) is 11.9. The Morgan fingerprint density at radius 1 is 1.24 bits per heavy atom. The molecule has 0 saturated heterocycles. The van der Waals surface area contributed by atoms with E-state index in [0.29, 0.717) is 11.3 Å². The normalized spacial score (nSPS) is 11.4. The Bertz CT molecular complexity index is 640. The highest BCUT2D eigenvalue weighted by Gasteiger charge is 2.19. The summed E-state index contributed by atoms with van der Waals surface area (Å²) in [6.07, 6.45) is 0.879. The fraction of sp³-hybridized carbons (Fsp3) is 0. The van der Waals surface area contributed by atoms with Crippen LogP contribution in [0.3, 0.4) is 0 Å². The Morgan fingerprint density at radius 3 is 2.53 bits per heavy atom. The molecule has 4 nitrogen and oxygen atoms in total. The number of nitrogens with zero attached hydrogens (tertiary/aromatic N) is 1. The summed E-state index contributed by atoms with van der Waals surface area (Å²) in [4.78, 5) is 2.98. The van der Waals surface area contributed by atoms with Crippen molar-refractivity contribution in [3.05, 3.63) is 41.4 Å². The minimum absolute atomic E-state index is 0.147. The summed E-state index contributed by atoms with van der Waals surface area (Å²) >= 11 is 0.525. The molecule has 1 heterocycles. The molecule has 2 aromatic rings. The molecular weight excluding hydrogens is 270 g/mol. The van der Waals surface area contributed by atoms with E-state index >= 15 is 0 Å². The minimum atomic E-state index is -4.07. The minimum Gasteiger partial charge on any atom is -0.254 e. The van der Waals surface area contributed by atoms with E-state index in [0.717, 1.165) is 18.3 Å². The molecule has 0 atom stereocenters. The average Bonchev–Trinajstić information content (AvgIpc) is 2.63. The van der Waals surface area contributed by atoms with Crippen LogP contribution in [0.4, 0.5) is 13.9 Å². The molecule has 1 aromatic heterocycles. The average molecular weight is 276 g/mol. The van der Waals surface area contributed by atoms with Crippen molar-refractivity contribution >= 4 is 26.5 Å². The quantitative estimate of drug-likeness (QED) is 0.935. The Hall–Kier alpha value is -1.54. The number of hydrogen-bond donors (Lipinski definition) is 1. The van der Waals surface area contributed by atoms with Crippen molar-refractivity contribution in [2.24, 2.45) is 0 Å². The van der Waals surface area contributed by atoms with E-state index in [1.54, 1.807) is 0 Å². The van der Waals surface area contributed by atoms with E-state index in [9.17, 15) is 17.2 Å². The van der Waals surface area contributed by atoms with E-state index in [1.807, 2.05) is 4.72 Å². The molecule has 0 amide bonds. The Balaban J connectivity index is 2.35. The summed E-state index contributed by atoms with van der Waals surface area (Å²) in [6, 6.07) is 4.90. The third-order valence-corrected chi connectivity index (χ3v) is 4.03. The van der Waals surface area contributed by atoms with Crippen LogP contribution in [0.2, 0.25) is 0 Å². The second kappa shape index (κ2) is 4.38. The van der Waals surface area contributed by atoms with E-state index in [-0.39, 0.29) is 5.13 Å². The fourth-order valence-corrected chi connectivity index (χ4v) is 3.00. The van der Waals surface area contributed by atoms with Crippen LogP contribution in [0.5, 0.6) is 0 Å². The number of sulfonamides is 1. The number of anilines is 1. The summed E-state index contributed by atoms with van der Waals surface area (Å²) < 4.78 is 51.4. The van der Waals surface area contributed by atoms with Crippen LogP contribution in [0.15, 0.2) is 35.4 Å². The number of rotatable bonds is 3. The van der Waals surface area contributed by atoms with Gasteiger partial charge in [-0.3, -0.25) is 4.72 Å². The van der Waals surface area contributed by atoms with Crippen molar-refractivity contribution in [2.75, 3.05) is 4.72 Å².